The first-order valence-electron chi connectivity index (χ1n) is 7.92. The van der Waals surface area contributed by atoms with Gasteiger partial charge in [0.15, 0.2) is 6.61 Å². The molecule has 2 rings (SSSR count). The van der Waals surface area contributed by atoms with E-state index in [2.05, 4.69) is 0 Å². The number of rotatable bonds is 6. The smallest absolute Gasteiger partial charge is 0.303 e. The molecule has 1 aliphatic rings. The first kappa shape index (κ1) is 17.8. The lowest BCUT2D eigenvalue weighted by Crippen LogP contribution is -2.51. The maximum Gasteiger partial charge on any atom is 0.303 e. The van der Waals surface area contributed by atoms with E-state index in [1.54, 1.807) is 9.80 Å². The Bertz CT molecular complexity index is 592. The van der Waals surface area contributed by atoms with Gasteiger partial charge in [0, 0.05) is 32.6 Å². The molecule has 0 bridgehead atoms. The highest BCUT2D eigenvalue weighted by Crippen LogP contribution is 2.12. The maximum atomic E-state index is 12.1. The Balaban J connectivity index is 1.73. The van der Waals surface area contributed by atoms with Crippen LogP contribution in [0.15, 0.2) is 24.3 Å². The van der Waals surface area contributed by atoms with E-state index in [9.17, 15) is 14.4 Å². The number of benzene rings is 1. The minimum Gasteiger partial charge on any atom is -0.484 e. The standard InChI is InChI=1S/C17H22N2O5/c1-13-2-4-14(5-3-13)24-12-16(21)19-10-8-18(9-11-19)15(20)6-7-17(22)23/h2-5H,6-12H2,1H3,(H,22,23). The molecule has 1 aromatic rings. The van der Waals surface area contributed by atoms with Gasteiger partial charge in [-0.1, -0.05) is 17.7 Å². The van der Waals surface area contributed by atoms with E-state index >= 15 is 0 Å². The van der Waals surface area contributed by atoms with Crippen molar-refractivity contribution in [3.63, 3.8) is 0 Å². The van der Waals surface area contributed by atoms with Crippen LogP contribution in [0, 0.1) is 6.92 Å². The van der Waals surface area contributed by atoms with Gasteiger partial charge in [0.1, 0.15) is 5.75 Å². The Morgan fingerprint density at radius 1 is 0.958 bits per heavy atom. The van der Waals surface area contributed by atoms with Crippen LogP contribution in [0.2, 0.25) is 0 Å². The Labute approximate surface area is 140 Å². The van der Waals surface area contributed by atoms with Gasteiger partial charge in [0.05, 0.1) is 6.42 Å². The summed E-state index contributed by atoms with van der Waals surface area (Å²) < 4.78 is 5.48. The van der Waals surface area contributed by atoms with E-state index in [0.29, 0.717) is 31.9 Å². The molecule has 0 spiro atoms. The summed E-state index contributed by atoms with van der Waals surface area (Å²) in [5.41, 5.74) is 1.12. The SMILES string of the molecule is Cc1ccc(OCC(=O)N2CCN(C(=O)CCC(=O)O)CC2)cc1. The number of amides is 2. The zero-order valence-electron chi connectivity index (χ0n) is 13.7. The molecule has 1 aromatic carbocycles. The molecule has 0 aromatic heterocycles. The second-order valence-electron chi connectivity index (χ2n) is 5.76. The van der Waals surface area contributed by atoms with E-state index in [4.69, 9.17) is 9.84 Å². The van der Waals surface area contributed by atoms with Gasteiger partial charge < -0.3 is 19.6 Å². The van der Waals surface area contributed by atoms with E-state index in [-0.39, 0.29) is 31.3 Å². The molecule has 0 radical (unpaired) electrons. The van der Waals surface area contributed by atoms with Crippen LogP contribution in [-0.4, -0.2) is 65.5 Å². The molecule has 1 saturated heterocycles. The van der Waals surface area contributed by atoms with Crippen LogP contribution in [0.25, 0.3) is 0 Å². The van der Waals surface area contributed by atoms with E-state index < -0.39 is 5.97 Å². The molecule has 1 aliphatic heterocycles. The van der Waals surface area contributed by atoms with Gasteiger partial charge in [-0.2, -0.15) is 0 Å². The Morgan fingerprint density at radius 3 is 2.04 bits per heavy atom. The van der Waals surface area contributed by atoms with Crippen LogP contribution in [0.5, 0.6) is 5.75 Å². The average Bonchev–Trinajstić information content (AvgIpc) is 2.59. The number of carboxylic acid groups (broad SMARTS) is 1. The number of hydrogen-bond acceptors (Lipinski definition) is 4. The Morgan fingerprint density at radius 2 is 1.50 bits per heavy atom. The molecule has 1 N–H and O–H groups in total. The number of hydrogen-bond donors (Lipinski definition) is 1. The normalized spacial score (nSPS) is 14.4. The summed E-state index contributed by atoms with van der Waals surface area (Å²) in [5.74, 6) is -0.629. The summed E-state index contributed by atoms with van der Waals surface area (Å²) in [7, 11) is 0. The maximum absolute atomic E-state index is 12.1. The molecule has 1 heterocycles. The number of aliphatic carboxylic acids is 1. The third kappa shape index (κ3) is 5.26. The van der Waals surface area contributed by atoms with Crippen molar-refractivity contribution in [2.24, 2.45) is 0 Å². The lowest BCUT2D eigenvalue weighted by Gasteiger charge is -2.34. The Hall–Kier alpha value is -2.57. The summed E-state index contributed by atoms with van der Waals surface area (Å²) >= 11 is 0. The van der Waals surface area contributed by atoms with Crippen LogP contribution in [0.4, 0.5) is 0 Å². The highest BCUT2D eigenvalue weighted by atomic mass is 16.5. The third-order valence-corrected chi connectivity index (χ3v) is 3.92. The second kappa shape index (κ2) is 8.33. The van der Waals surface area contributed by atoms with Crippen molar-refractivity contribution < 1.29 is 24.2 Å². The average molecular weight is 334 g/mol. The van der Waals surface area contributed by atoms with Crippen LogP contribution in [0.3, 0.4) is 0 Å². The molecule has 1 fully saturated rings. The fourth-order valence-electron chi connectivity index (χ4n) is 2.45. The molecule has 0 unspecified atom stereocenters. The molecule has 7 nitrogen and oxygen atoms in total. The number of piperazine rings is 1. The number of aryl methyl sites for hydroxylation is 1. The molecule has 0 aliphatic carbocycles. The summed E-state index contributed by atoms with van der Waals surface area (Å²) in [6, 6.07) is 7.48. The Kier molecular flexibility index (Phi) is 6.17. The van der Waals surface area contributed by atoms with Gasteiger partial charge in [-0.15, -0.1) is 0 Å². The topological polar surface area (TPSA) is 87.2 Å². The fraction of sp³-hybridized carbons (Fsp3) is 0.471. The van der Waals surface area contributed by atoms with Crippen molar-refractivity contribution in [3.05, 3.63) is 29.8 Å². The summed E-state index contributed by atoms with van der Waals surface area (Å²) in [5, 5.41) is 8.61. The zero-order chi connectivity index (χ0) is 17.5. The monoisotopic (exact) mass is 334 g/mol. The largest absolute Gasteiger partial charge is 0.484 e. The first-order valence-corrected chi connectivity index (χ1v) is 7.92. The fourth-order valence-corrected chi connectivity index (χ4v) is 2.45. The first-order chi connectivity index (χ1) is 11.5. The molecular formula is C17H22N2O5. The highest BCUT2D eigenvalue weighted by Gasteiger charge is 2.24. The van der Waals surface area contributed by atoms with E-state index in [1.807, 2.05) is 31.2 Å². The summed E-state index contributed by atoms with van der Waals surface area (Å²) in [6.45, 7) is 3.68. The van der Waals surface area contributed by atoms with Gasteiger partial charge in [0.2, 0.25) is 5.91 Å². The number of nitrogens with zero attached hydrogens (tertiary/aromatic N) is 2. The number of carbonyl (C=O) groups is 3. The predicted molar refractivity (Wildman–Crippen MR) is 86.7 cm³/mol. The quantitative estimate of drug-likeness (QED) is 0.835. The van der Waals surface area contributed by atoms with Crippen LogP contribution < -0.4 is 4.74 Å². The number of carbonyl (C=O) groups excluding carboxylic acids is 2. The molecule has 130 valence electrons. The predicted octanol–water partition coefficient (Wildman–Crippen LogP) is 0.909. The van der Waals surface area contributed by atoms with Crippen LogP contribution in [0.1, 0.15) is 18.4 Å². The molecule has 2 amide bonds. The van der Waals surface area contributed by atoms with Crippen molar-refractivity contribution in [2.75, 3.05) is 32.8 Å². The van der Waals surface area contributed by atoms with Crippen LogP contribution in [-0.2, 0) is 14.4 Å². The highest BCUT2D eigenvalue weighted by molar-refractivity contribution is 5.81. The van der Waals surface area contributed by atoms with Crippen molar-refractivity contribution in [1.29, 1.82) is 0 Å². The lowest BCUT2D eigenvalue weighted by molar-refractivity contribution is -0.143. The third-order valence-electron chi connectivity index (χ3n) is 3.92. The van der Waals surface area contributed by atoms with Crippen molar-refractivity contribution in [3.8, 4) is 5.75 Å². The minimum atomic E-state index is -0.981. The molecule has 7 heteroatoms. The van der Waals surface area contributed by atoms with Crippen molar-refractivity contribution in [1.82, 2.24) is 9.80 Å². The zero-order valence-corrected chi connectivity index (χ0v) is 13.7. The number of ether oxygens (including phenoxy) is 1. The van der Waals surface area contributed by atoms with Crippen LogP contribution >= 0.6 is 0 Å². The summed E-state index contributed by atoms with van der Waals surface area (Å²) in [4.78, 5) is 37.8. The minimum absolute atomic E-state index is 0.000184. The van der Waals surface area contributed by atoms with Gasteiger partial charge in [0.25, 0.3) is 5.91 Å². The van der Waals surface area contributed by atoms with E-state index in [0.717, 1.165) is 5.56 Å². The van der Waals surface area contributed by atoms with E-state index in [1.165, 1.54) is 0 Å². The van der Waals surface area contributed by atoms with Gasteiger partial charge in [-0.3, -0.25) is 14.4 Å². The molecule has 24 heavy (non-hydrogen) atoms. The molecule has 0 atom stereocenters. The van der Waals surface area contributed by atoms with Gasteiger partial charge in [-0.25, -0.2) is 0 Å². The summed E-state index contributed by atoms with van der Waals surface area (Å²) in [6.07, 6.45) is -0.165. The van der Waals surface area contributed by atoms with Crippen molar-refractivity contribution >= 4 is 17.8 Å². The molecular weight excluding hydrogens is 312 g/mol. The lowest BCUT2D eigenvalue weighted by atomic mass is 10.2. The number of carboxylic acids is 1. The van der Waals surface area contributed by atoms with Gasteiger partial charge in [-0.05, 0) is 19.1 Å². The molecule has 0 saturated carbocycles. The van der Waals surface area contributed by atoms with Crippen molar-refractivity contribution in [2.45, 2.75) is 19.8 Å². The van der Waals surface area contributed by atoms with Gasteiger partial charge >= 0.3 is 5.97 Å². The second-order valence-corrected chi connectivity index (χ2v) is 5.76.